The number of piperidine rings is 1. The molecule has 0 radical (unpaired) electrons. The zero-order valence-electron chi connectivity index (χ0n) is 18.1. The van der Waals surface area contributed by atoms with Crippen molar-refractivity contribution in [3.8, 4) is 23.0 Å². The molecule has 0 saturated carbocycles. The minimum atomic E-state index is 0.317. The van der Waals surface area contributed by atoms with Crippen LogP contribution in [0.4, 0.5) is 0 Å². The molecular weight excluding hydrogens is 382 g/mol. The first kappa shape index (κ1) is 20.7. The molecule has 1 aromatic heterocycles. The lowest BCUT2D eigenvalue weighted by Gasteiger charge is -2.34. The van der Waals surface area contributed by atoms with Crippen molar-refractivity contribution in [2.75, 3.05) is 40.4 Å². The molecule has 2 aliphatic rings. The maximum absolute atomic E-state index is 12.0. The number of amides is 1. The van der Waals surface area contributed by atoms with Crippen molar-refractivity contribution in [2.45, 2.75) is 39.2 Å². The van der Waals surface area contributed by atoms with Crippen LogP contribution in [0.15, 0.2) is 22.6 Å². The Morgan fingerprint density at radius 2 is 2.07 bits per heavy atom. The first-order valence-electron chi connectivity index (χ1n) is 10.8. The van der Waals surface area contributed by atoms with E-state index >= 15 is 0 Å². The number of aromatic nitrogens is 1. The highest BCUT2D eigenvalue weighted by atomic mass is 16.5. The molecule has 7 heteroatoms. The van der Waals surface area contributed by atoms with Gasteiger partial charge in [0, 0.05) is 38.7 Å². The summed E-state index contributed by atoms with van der Waals surface area (Å²) in [4.78, 5) is 21.2. The maximum atomic E-state index is 12.0. The van der Waals surface area contributed by atoms with Crippen molar-refractivity contribution >= 4 is 5.91 Å². The van der Waals surface area contributed by atoms with Gasteiger partial charge in [0.05, 0.1) is 25.5 Å². The summed E-state index contributed by atoms with van der Waals surface area (Å²) in [5.74, 6) is 3.66. The van der Waals surface area contributed by atoms with E-state index in [2.05, 4.69) is 4.90 Å². The Morgan fingerprint density at radius 3 is 2.80 bits per heavy atom. The normalized spacial score (nSPS) is 20.0. The predicted octanol–water partition coefficient (Wildman–Crippen LogP) is 3.50. The van der Waals surface area contributed by atoms with Gasteiger partial charge in [-0.15, -0.1) is 0 Å². The summed E-state index contributed by atoms with van der Waals surface area (Å²) in [5, 5.41) is 0. The lowest BCUT2D eigenvalue weighted by Crippen LogP contribution is -2.41. The van der Waals surface area contributed by atoms with E-state index in [4.69, 9.17) is 18.9 Å². The van der Waals surface area contributed by atoms with Gasteiger partial charge >= 0.3 is 0 Å². The van der Waals surface area contributed by atoms with Crippen LogP contribution < -0.4 is 9.47 Å². The Kier molecular flexibility index (Phi) is 6.27. The van der Waals surface area contributed by atoms with Gasteiger partial charge in [0.15, 0.2) is 0 Å². The van der Waals surface area contributed by atoms with Gasteiger partial charge in [0.2, 0.25) is 11.8 Å². The molecule has 0 bridgehead atoms. The molecule has 1 atom stereocenters. The number of carbonyl (C=O) groups excluding carboxylic acids is 1. The zero-order chi connectivity index (χ0) is 21.1. The quantitative estimate of drug-likeness (QED) is 0.692. The number of likely N-dealkylation sites (tertiary alicyclic amines) is 2. The third kappa shape index (κ3) is 4.46. The van der Waals surface area contributed by atoms with Crippen LogP contribution in [-0.2, 0) is 11.3 Å². The maximum Gasteiger partial charge on any atom is 0.230 e. The summed E-state index contributed by atoms with van der Waals surface area (Å²) < 4.78 is 16.8. The van der Waals surface area contributed by atoms with Crippen LogP contribution in [0.2, 0.25) is 0 Å². The number of hydrogen-bond donors (Lipinski definition) is 0. The number of rotatable bonds is 7. The number of methoxy groups -OCH3 is 2. The van der Waals surface area contributed by atoms with Crippen LogP contribution in [0.25, 0.3) is 11.5 Å². The SMILES string of the molecule is COc1ccc(-c2nc(CN3CCC[C@@H](CN4CCCC4=O)C3)c(C)o2)c(OC)c1. The van der Waals surface area contributed by atoms with Crippen LogP contribution in [-0.4, -0.2) is 61.1 Å². The zero-order valence-corrected chi connectivity index (χ0v) is 18.1. The molecule has 30 heavy (non-hydrogen) atoms. The standard InChI is InChI=1S/C23H31N3O4/c1-16-20(24-23(30-16)19-9-8-18(28-2)12-21(19)29-3)15-25-10-4-6-17(13-25)14-26-11-5-7-22(26)27/h8-9,12,17H,4-7,10-11,13-15H2,1-3H3/t17-/m1/s1. The lowest BCUT2D eigenvalue weighted by atomic mass is 9.97. The largest absolute Gasteiger partial charge is 0.497 e. The lowest BCUT2D eigenvalue weighted by molar-refractivity contribution is -0.128. The monoisotopic (exact) mass is 413 g/mol. The van der Waals surface area contributed by atoms with E-state index in [0.29, 0.717) is 29.9 Å². The fourth-order valence-electron chi connectivity index (χ4n) is 4.53. The fraction of sp³-hybridized carbons (Fsp3) is 0.565. The molecule has 162 valence electrons. The van der Waals surface area contributed by atoms with Gasteiger partial charge in [-0.05, 0) is 50.8 Å². The molecule has 7 nitrogen and oxygen atoms in total. The summed E-state index contributed by atoms with van der Waals surface area (Å²) in [6.07, 6.45) is 4.06. The highest BCUT2D eigenvalue weighted by molar-refractivity contribution is 5.78. The first-order valence-corrected chi connectivity index (χ1v) is 10.8. The topological polar surface area (TPSA) is 68.0 Å². The minimum Gasteiger partial charge on any atom is -0.497 e. The Bertz CT molecular complexity index is 895. The number of ether oxygens (including phenoxy) is 2. The molecule has 1 amide bonds. The van der Waals surface area contributed by atoms with E-state index in [0.717, 1.165) is 68.3 Å². The highest BCUT2D eigenvalue weighted by Crippen LogP contribution is 2.34. The Labute approximate surface area is 178 Å². The van der Waals surface area contributed by atoms with Gasteiger partial charge in [-0.25, -0.2) is 4.98 Å². The predicted molar refractivity (Wildman–Crippen MR) is 114 cm³/mol. The molecule has 0 unspecified atom stereocenters. The summed E-state index contributed by atoms with van der Waals surface area (Å²) in [6, 6.07) is 5.63. The molecule has 2 fully saturated rings. The summed E-state index contributed by atoms with van der Waals surface area (Å²) in [5.41, 5.74) is 1.78. The number of hydrogen-bond acceptors (Lipinski definition) is 6. The number of carbonyl (C=O) groups is 1. The Balaban J connectivity index is 1.44. The van der Waals surface area contributed by atoms with Crippen molar-refractivity contribution in [1.82, 2.24) is 14.8 Å². The molecule has 2 aliphatic heterocycles. The molecule has 2 aromatic rings. The van der Waals surface area contributed by atoms with Gasteiger partial charge < -0.3 is 18.8 Å². The van der Waals surface area contributed by atoms with E-state index in [1.54, 1.807) is 14.2 Å². The number of oxazole rings is 1. The summed E-state index contributed by atoms with van der Waals surface area (Å²) in [6.45, 7) is 6.59. The number of nitrogens with zero attached hydrogens (tertiary/aromatic N) is 3. The van der Waals surface area contributed by atoms with Crippen molar-refractivity contribution in [1.29, 1.82) is 0 Å². The van der Waals surface area contributed by atoms with Crippen LogP contribution in [0.1, 0.15) is 37.1 Å². The van der Waals surface area contributed by atoms with Crippen LogP contribution in [0, 0.1) is 12.8 Å². The van der Waals surface area contributed by atoms with Crippen molar-refractivity contribution in [2.24, 2.45) is 5.92 Å². The van der Waals surface area contributed by atoms with E-state index in [1.807, 2.05) is 30.0 Å². The molecule has 0 N–H and O–H groups in total. The molecule has 4 rings (SSSR count). The van der Waals surface area contributed by atoms with Crippen molar-refractivity contribution < 1.29 is 18.7 Å². The smallest absolute Gasteiger partial charge is 0.230 e. The third-order valence-electron chi connectivity index (χ3n) is 6.16. The number of aryl methyl sites for hydroxylation is 1. The average Bonchev–Trinajstić information content (AvgIpc) is 3.33. The molecule has 1 aromatic carbocycles. The van der Waals surface area contributed by atoms with E-state index < -0.39 is 0 Å². The van der Waals surface area contributed by atoms with Gasteiger partial charge in [-0.2, -0.15) is 0 Å². The van der Waals surface area contributed by atoms with Crippen molar-refractivity contribution in [3.63, 3.8) is 0 Å². The van der Waals surface area contributed by atoms with E-state index in [-0.39, 0.29) is 0 Å². The second kappa shape index (κ2) is 9.08. The van der Waals surface area contributed by atoms with E-state index in [9.17, 15) is 4.79 Å². The van der Waals surface area contributed by atoms with Gasteiger partial charge in [0.1, 0.15) is 17.3 Å². The Hall–Kier alpha value is -2.54. The molecule has 3 heterocycles. The fourth-order valence-corrected chi connectivity index (χ4v) is 4.53. The molecule has 2 saturated heterocycles. The second-order valence-electron chi connectivity index (χ2n) is 8.27. The van der Waals surface area contributed by atoms with E-state index in [1.165, 1.54) is 6.42 Å². The molecular formula is C23H31N3O4. The highest BCUT2D eigenvalue weighted by Gasteiger charge is 2.27. The van der Waals surface area contributed by atoms with Crippen molar-refractivity contribution in [3.05, 3.63) is 29.7 Å². The van der Waals surface area contributed by atoms with Crippen LogP contribution in [0.5, 0.6) is 11.5 Å². The van der Waals surface area contributed by atoms with Gasteiger partial charge in [-0.3, -0.25) is 9.69 Å². The second-order valence-corrected chi connectivity index (χ2v) is 8.27. The third-order valence-corrected chi connectivity index (χ3v) is 6.16. The molecule has 0 spiro atoms. The summed E-state index contributed by atoms with van der Waals surface area (Å²) in [7, 11) is 3.27. The molecule has 0 aliphatic carbocycles. The van der Waals surface area contributed by atoms with Gasteiger partial charge in [-0.1, -0.05) is 0 Å². The number of benzene rings is 1. The first-order chi connectivity index (χ1) is 14.6. The average molecular weight is 414 g/mol. The van der Waals surface area contributed by atoms with Crippen LogP contribution >= 0.6 is 0 Å². The Morgan fingerprint density at radius 1 is 1.20 bits per heavy atom. The van der Waals surface area contributed by atoms with Crippen LogP contribution in [0.3, 0.4) is 0 Å². The summed E-state index contributed by atoms with van der Waals surface area (Å²) >= 11 is 0. The minimum absolute atomic E-state index is 0.317. The van der Waals surface area contributed by atoms with Gasteiger partial charge in [0.25, 0.3) is 0 Å².